The Kier molecular flexibility index (Phi) is 3.46. The molecule has 3 N–H and O–H groups in total. The summed E-state index contributed by atoms with van der Waals surface area (Å²) < 4.78 is 24.1. The number of aromatic nitrogens is 5. The maximum atomic E-state index is 11.6. The Balaban J connectivity index is 1.94. The Hall–Kier alpha value is -2.43. The van der Waals surface area contributed by atoms with E-state index in [1.54, 1.807) is 6.07 Å². The van der Waals surface area contributed by atoms with Gasteiger partial charge in [0.1, 0.15) is 12.4 Å². The van der Waals surface area contributed by atoms with Crippen LogP contribution in [0.4, 0.5) is 11.6 Å². The lowest BCUT2D eigenvalue weighted by atomic mass is 10.5. The average Bonchev–Trinajstić information content (AvgIpc) is 2.88. The number of anilines is 2. The number of carbonyl (C=O) groups is 1. The second-order valence-corrected chi connectivity index (χ2v) is 5.40. The third-order valence-corrected chi connectivity index (χ3v) is 2.47. The molecule has 2 aromatic rings. The van der Waals surface area contributed by atoms with Crippen LogP contribution in [0.25, 0.3) is 0 Å². The Bertz CT molecular complexity index is 660. The molecule has 0 aliphatic heterocycles. The van der Waals surface area contributed by atoms with Gasteiger partial charge in [0, 0.05) is 6.07 Å². The van der Waals surface area contributed by atoms with Crippen LogP contribution in [0.2, 0.25) is 0 Å². The van der Waals surface area contributed by atoms with Crippen LogP contribution in [-0.2, 0) is 21.4 Å². The van der Waals surface area contributed by atoms with Crippen molar-refractivity contribution in [2.24, 2.45) is 0 Å². The lowest BCUT2D eigenvalue weighted by Gasteiger charge is -2.01. The van der Waals surface area contributed by atoms with E-state index in [2.05, 4.69) is 30.4 Å². The van der Waals surface area contributed by atoms with E-state index in [4.69, 9.17) is 0 Å². The molecule has 1 amide bonds. The molecular weight excluding hydrogens is 274 g/mol. The molecule has 0 unspecified atom stereocenters. The smallest absolute Gasteiger partial charge is 0.249 e. The maximum Gasteiger partial charge on any atom is 0.249 e. The zero-order valence-electron chi connectivity index (χ0n) is 9.86. The summed E-state index contributed by atoms with van der Waals surface area (Å²) in [5, 5.41) is 16.3. The average molecular weight is 285 g/mol. The largest absolute Gasteiger partial charge is 0.309 e. The molecule has 2 rings (SSSR count). The van der Waals surface area contributed by atoms with Gasteiger partial charge < -0.3 is 5.32 Å². The van der Waals surface area contributed by atoms with Gasteiger partial charge in [-0.05, 0) is 0 Å². The summed E-state index contributed by atoms with van der Waals surface area (Å²) in [6.07, 6.45) is 3.71. The number of sulfonamides is 1. The lowest BCUT2D eigenvalue weighted by molar-refractivity contribution is -0.117. The molecule has 10 nitrogen and oxygen atoms in total. The van der Waals surface area contributed by atoms with Gasteiger partial charge in [0.15, 0.2) is 5.82 Å². The predicted octanol–water partition coefficient (Wildman–Crippen LogP) is -0.989. The minimum atomic E-state index is -3.41. The number of rotatable bonds is 5. The molecule has 0 aromatic carbocycles. The van der Waals surface area contributed by atoms with Gasteiger partial charge in [0.05, 0.1) is 18.6 Å². The summed E-state index contributed by atoms with van der Waals surface area (Å²) in [6.45, 7) is -0.148. The van der Waals surface area contributed by atoms with Crippen molar-refractivity contribution < 1.29 is 13.2 Å². The first kappa shape index (κ1) is 13.0. The van der Waals surface area contributed by atoms with Crippen molar-refractivity contribution in [2.45, 2.75) is 6.54 Å². The number of amides is 1. The normalized spacial score (nSPS) is 11.2. The molecule has 0 aliphatic carbocycles. The van der Waals surface area contributed by atoms with Crippen molar-refractivity contribution in [3.05, 3.63) is 18.5 Å². The second-order valence-electron chi connectivity index (χ2n) is 3.65. The molecule has 0 saturated carbocycles. The second kappa shape index (κ2) is 5.06. The molecule has 19 heavy (non-hydrogen) atoms. The highest BCUT2D eigenvalue weighted by atomic mass is 32.2. The van der Waals surface area contributed by atoms with Gasteiger partial charge in [-0.2, -0.15) is 15.0 Å². The number of H-pyrrole nitrogens is 1. The SMILES string of the molecule is CS(=O)(=O)Nc1cnn(CC(=O)Nc2ccn[nH]2)n1. The number of aromatic amines is 1. The Morgan fingerprint density at radius 1 is 1.53 bits per heavy atom. The van der Waals surface area contributed by atoms with Crippen LogP contribution in [-0.4, -0.2) is 45.8 Å². The standard InChI is InChI=1S/C8H11N7O3S/c1-19(17,18)14-7-4-10-15(13-7)5-8(16)11-6-2-3-9-12-6/h2-4H,5H2,1H3,(H,13,14)(H2,9,11,12,16). The van der Waals surface area contributed by atoms with Crippen molar-refractivity contribution in [1.29, 1.82) is 0 Å². The fraction of sp³-hybridized carbons (Fsp3) is 0.250. The molecule has 0 atom stereocenters. The first-order valence-corrected chi connectivity index (χ1v) is 6.99. The molecule has 102 valence electrons. The topological polar surface area (TPSA) is 135 Å². The third-order valence-electron chi connectivity index (χ3n) is 1.89. The number of hydrogen-bond acceptors (Lipinski definition) is 6. The number of carbonyl (C=O) groups excluding carboxylic acids is 1. The monoisotopic (exact) mass is 285 g/mol. The van der Waals surface area contributed by atoms with E-state index in [1.165, 1.54) is 12.4 Å². The first-order valence-electron chi connectivity index (χ1n) is 5.09. The van der Waals surface area contributed by atoms with Gasteiger partial charge in [-0.3, -0.25) is 14.6 Å². The van der Waals surface area contributed by atoms with E-state index in [1.807, 2.05) is 0 Å². The number of hydrogen-bond donors (Lipinski definition) is 3. The van der Waals surface area contributed by atoms with E-state index in [9.17, 15) is 13.2 Å². The zero-order valence-corrected chi connectivity index (χ0v) is 10.7. The Labute approximate surface area is 108 Å². The van der Waals surface area contributed by atoms with E-state index in [0.29, 0.717) is 5.82 Å². The highest BCUT2D eigenvalue weighted by Crippen LogP contribution is 2.02. The van der Waals surface area contributed by atoms with Gasteiger partial charge in [0.2, 0.25) is 15.9 Å². The Morgan fingerprint density at radius 3 is 2.95 bits per heavy atom. The minimum Gasteiger partial charge on any atom is -0.309 e. The predicted molar refractivity (Wildman–Crippen MR) is 65.7 cm³/mol. The number of nitrogens with one attached hydrogen (secondary N) is 3. The molecular formula is C8H11N7O3S. The van der Waals surface area contributed by atoms with Crippen LogP contribution >= 0.6 is 0 Å². The maximum absolute atomic E-state index is 11.6. The van der Waals surface area contributed by atoms with Crippen LogP contribution in [0.5, 0.6) is 0 Å². The summed E-state index contributed by atoms with van der Waals surface area (Å²) >= 11 is 0. The fourth-order valence-electron chi connectivity index (χ4n) is 1.25. The van der Waals surface area contributed by atoms with E-state index in [0.717, 1.165) is 11.1 Å². The lowest BCUT2D eigenvalue weighted by Crippen LogP contribution is -2.20. The van der Waals surface area contributed by atoms with E-state index < -0.39 is 10.0 Å². The molecule has 0 spiro atoms. The molecule has 0 fully saturated rings. The van der Waals surface area contributed by atoms with E-state index in [-0.39, 0.29) is 18.3 Å². The molecule has 11 heteroatoms. The van der Waals surface area contributed by atoms with Crippen molar-refractivity contribution in [3.8, 4) is 0 Å². The van der Waals surface area contributed by atoms with Crippen LogP contribution < -0.4 is 10.0 Å². The minimum absolute atomic E-state index is 0.0526. The zero-order chi connectivity index (χ0) is 13.9. The highest BCUT2D eigenvalue weighted by molar-refractivity contribution is 7.92. The summed E-state index contributed by atoms with van der Waals surface area (Å²) in [5.74, 6) is 0.134. The molecule has 0 radical (unpaired) electrons. The fourth-order valence-corrected chi connectivity index (χ4v) is 1.73. The van der Waals surface area contributed by atoms with Gasteiger partial charge >= 0.3 is 0 Å². The van der Waals surface area contributed by atoms with Gasteiger partial charge in [-0.15, -0.1) is 5.10 Å². The highest BCUT2D eigenvalue weighted by Gasteiger charge is 2.09. The summed E-state index contributed by atoms with van der Waals surface area (Å²) in [7, 11) is -3.41. The van der Waals surface area contributed by atoms with Crippen LogP contribution in [0.1, 0.15) is 0 Å². The first-order chi connectivity index (χ1) is 8.92. The van der Waals surface area contributed by atoms with Crippen LogP contribution in [0.15, 0.2) is 18.5 Å². The quantitative estimate of drug-likeness (QED) is 0.645. The van der Waals surface area contributed by atoms with E-state index >= 15 is 0 Å². The molecule has 2 aromatic heterocycles. The molecule has 2 heterocycles. The van der Waals surface area contributed by atoms with Gasteiger partial charge in [0.25, 0.3) is 0 Å². The molecule has 0 bridgehead atoms. The summed E-state index contributed by atoms with van der Waals surface area (Å²) in [6, 6.07) is 1.59. The third kappa shape index (κ3) is 4.06. The summed E-state index contributed by atoms with van der Waals surface area (Å²) in [5.41, 5.74) is 0. The van der Waals surface area contributed by atoms with Crippen LogP contribution in [0.3, 0.4) is 0 Å². The van der Waals surface area contributed by atoms with Gasteiger partial charge in [-0.25, -0.2) is 8.42 Å². The Morgan fingerprint density at radius 2 is 2.32 bits per heavy atom. The number of nitrogens with zero attached hydrogens (tertiary/aromatic N) is 4. The van der Waals surface area contributed by atoms with Gasteiger partial charge in [-0.1, -0.05) is 0 Å². The van der Waals surface area contributed by atoms with Crippen molar-refractivity contribution in [3.63, 3.8) is 0 Å². The van der Waals surface area contributed by atoms with Crippen molar-refractivity contribution in [2.75, 3.05) is 16.3 Å². The van der Waals surface area contributed by atoms with Crippen molar-refractivity contribution in [1.82, 2.24) is 25.2 Å². The van der Waals surface area contributed by atoms with Crippen LogP contribution in [0, 0.1) is 0 Å². The molecule has 0 saturated heterocycles. The van der Waals surface area contributed by atoms with Crippen molar-refractivity contribution >= 4 is 27.6 Å². The summed E-state index contributed by atoms with van der Waals surface area (Å²) in [4.78, 5) is 12.6. The molecule has 0 aliphatic rings.